The van der Waals surface area contributed by atoms with Gasteiger partial charge in [-0.15, -0.1) is 0 Å². The molecule has 1 N–H and O–H groups in total. The van der Waals surface area contributed by atoms with Crippen LogP contribution in [0.2, 0.25) is 0 Å². The molecule has 0 saturated heterocycles. The Hall–Kier alpha value is -3.07. The minimum absolute atomic E-state index is 0.113. The molecule has 0 spiro atoms. The van der Waals surface area contributed by atoms with Crippen LogP contribution < -0.4 is 5.32 Å². The van der Waals surface area contributed by atoms with E-state index in [1.54, 1.807) is 0 Å². The second-order valence-corrected chi connectivity index (χ2v) is 7.56. The summed E-state index contributed by atoms with van der Waals surface area (Å²) in [5.74, 6) is 0.922. The van der Waals surface area contributed by atoms with E-state index >= 15 is 0 Å². The second kappa shape index (κ2) is 9.42. The summed E-state index contributed by atoms with van der Waals surface area (Å²) in [6.45, 7) is 26.8. The van der Waals surface area contributed by atoms with E-state index in [0.717, 1.165) is 46.1 Å². The van der Waals surface area contributed by atoms with Crippen molar-refractivity contribution in [3.63, 3.8) is 0 Å². The topological polar surface area (TPSA) is 29.9 Å². The Bertz CT molecular complexity index is 968. The lowest BCUT2D eigenvalue weighted by Crippen LogP contribution is -2.18. The maximum atomic E-state index is 4.49. The van der Waals surface area contributed by atoms with Gasteiger partial charge in [0, 0.05) is 23.6 Å². The lowest BCUT2D eigenvalue weighted by molar-refractivity contribution is 0.663. The SMILES string of the molecule is C=C(/C=C(/C(=C)C)n1cc(C)nc1C)C(=C)NC(C)c1ccc(C(=C)CC)cc1. The molecule has 29 heavy (non-hydrogen) atoms. The van der Waals surface area contributed by atoms with Crippen molar-refractivity contribution in [2.24, 2.45) is 0 Å². The van der Waals surface area contributed by atoms with E-state index in [4.69, 9.17) is 0 Å². The third-order valence-corrected chi connectivity index (χ3v) is 5.03. The highest BCUT2D eigenvalue weighted by atomic mass is 15.1. The number of imidazole rings is 1. The Balaban J connectivity index is 2.15. The van der Waals surface area contributed by atoms with Gasteiger partial charge in [-0.1, -0.05) is 57.5 Å². The van der Waals surface area contributed by atoms with Gasteiger partial charge < -0.3 is 9.88 Å². The maximum absolute atomic E-state index is 4.49. The van der Waals surface area contributed by atoms with Crippen LogP contribution in [0.5, 0.6) is 0 Å². The number of benzene rings is 1. The first-order valence-electron chi connectivity index (χ1n) is 9.97. The van der Waals surface area contributed by atoms with Crippen molar-refractivity contribution < 1.29 is 0 Å². The lowest BCUT2D eigenvalue weighted by atomic mass is 10.0. The summed E-state index contributed by atoms with van der Waals surface area (Å²) in [6, 6.07) is 8.63. The third-order valence-electron chi connectivity index (χ3n) is 5.03. The van der Waals surface area contributed by atoms with Gasteiger partial charge in [-0.05, 0) is 68.0 Å². The summed E-state index contributed by atoms with van der Waals surface area (Å²) in [5.41, 5.74) is 8.01. The number of hydrogen-bond acceptors (Lipinski definition) is 2. The van der Waals surface area contributed by atoms with E-state index in [0.29, 0.717) is 0 Å². The molecule has 1 unspecified atom stereocenters. The highest BCUT2D eigenvalue weighted by Crippen LogP contribution is 2.23. The molecule has 3 nitrogen and oxygen atoms in total. The van der Waals surface area contributed by atoms with Crippen LogP contribution in [-0.2, 0) is 0 Å². The summed E-state index contributed by atoms with van der Waals surface area (Å²) < 4.78 is 2.04. The Morgan fingerprint density at radius 2 is 1.76 bits per heavy atom. The van der Waals surface area contributed by atoms with Crippen molar-refractivity contribution in [3.8, 4) is 0 Å². The van der Waals surface area contributed by atoms with Gasteiger partial charge in [0.15, 0.2) is 0 Å². The van der Waals surface area contributed by atoms with Crippen LogP contribution in [-0.4, -0.2) is 9.55 Å². The molecule has 0 aliphatic heterocycles. The molecule has 0 radical (unpaired) electrons. The fraction of sp³-hybridized carbons (Fsp3) is 0.269. The van der Waals surface area contributed by atoms with Crippen LogP contribution >= 0.6 is 0 Å². The van der Waals surface area contributed by atoms with E-state index in [1.807, 2.05) is 37.6 Å². The van der Waals surface area contributed by atoms with Gasteiger partial charge in [-0.2, -0.15) is 0 Å². The van der Waals surface area contributed by atoms with E-state index in [1.165, 1.54) is 11.1 Å². The van der Waals surface area contributed by atoms with Crippen LogP contribution in [0.3, 0.4) is 0 Å². The Kier molecular flexibility index (Phi) is 7.22. The molecule has 0 bridgehead atoms. The van der Waals surface area contributed by atoms with Crippen LogP contribution in [0, 0.1) is 13.8 Å². The van der Waals surface area contributed by atoms with Gasteiger partial charge in [-0.3, -0.25) is 0 Å². The zero-order chi connectivity index (χ0) is 21.7. The minimum Gasteiger partial charge on any atom is -0.379 e. The molecule has 0 amide bonds. The highest BCUT2D eigenvalue weighted by Gasteiger charge is 2.11. The largest absolute Gasteiger partial charge is 0.379 e. The van der Waals surface area contributed by atoms with E-state index in [2.05, 4.69) is 74.7 Å². The maximum Gasteiger partial charge on any atom is 0.110 e. The summed E-state index contributed by atoms with van der Waals surface area (Å²) in [5, 5.41) is 3.46. The molecule has 1 heterocycles. The molecule has 1 aromatic heterocycles. The number of aromatic nitrogens is 2. The number of aryl methyl sites for hydroxylation is 2. The standard InChI is InChI=1S/C26H33N3/c1-10-18(4)24-11-13-25(14-12-24)22(8)28-21(7)19(5)15-26(17(2)3)29-16-20(6)27-23(29)9/h11-16,22,28H,2,4-5,7,10H2,1,3,6,8-9H3/b26-15-. The molecule has 152 valence electrons. The fourth-order valence-corrected chi connectivity index (χ4v) is 3.16. The molecule has 2 rings (SSSR count). The summed E-state index contributed by atoms with van der Waals surface area (Å²) in [4.78, 5) is 4.49. The van der Waals surface area contributed by atoms with Crippen molar-refractivity contribution in [1.82, 2.24) is 14.9 Å². The number of nitrogens with zero attached hydrogens (tertiary/aromatic N) is 2. The molecule has 0 saturated carbocycles. The normalized spacial score (nSPS) is 12.4. The Morgan fingerprint density at radius 1 is 1.14 bits per heavy atom. The Labute approximate surface area is 175 Å². The number of nitrogens with one attached hydrogen (secondary N) is 1. The van der Waals surface area contributed by atoms with Crippen LogP contribution in [0.15, 0.2) is 79.7 Å². The van der Waals surface area contributed by atoms with Crippen molar-refractivity contribution in [1.29, 1.82) is 0 Å². The van der Waals surface area contributed by atoms with Gasteiger partial charge in [-0.25, -0.2) is 4.98 Å². The molecule has 1 atom stereocenters. The summed E-state index contributed by atoms with van der Waals surface area (Å²) >= 11 is 0. The fourth-order valence-electron chi connectivity index (χ4n) is 3.16. The first-order chi connectivity index (χ1) is 13.6. The monoisotopic (exact) mass is 387 g/mol. The van der Waals surface area contributed by atoms with Crippen molar-refractivity contribution in [2.45, 2.75) is 47.1 Å². The molecular formula is C26H33N3. The summed E-state index contributed by atoms with van der Waals surface area (Å²) in [7, 11) is 0. The van der Waals surface area contributed by atoms with Crippen LogP contribution in [0.1, 0.15) is 55.9 Å². The van der Waals surface area contributed by atoms with Gasteiger partial charge in [0.2, 0.25) is 0 Å². The van der Waals surface area contributed by atoms with Crippen molar-refractivity contribution in [3.05, 3.63) is 102 Å². The predicted octanol–water partition coefficient (Wildman–Crippen LogP) is 6.76. The molecule has 0 aliphatic carbocycles. The first-order valence-corrected chi connectivity index (χ1v) is 9.97. The third kappa shape index (κ3) is 5.47. The van der Waals surface area contributed by atoms with Gasteiger partial charge in [0.05, 0.1) is 5.69 Å². The van der Waals surface area contributed by atoms with Crippen LogP contribution in [0.4, 0.5) is 0 Å². The average Bonchev–Trinajstić information content (AvgIpc) is 3.02. The average molecular weight is 388 g/mol. The quantitative estimate of drug-likeness (QED) is 0.482. The number of rotatable bonds is 9. The number of hydrogen-bond donors (Lipinski definition) is 1. The van der Waals surface area contributed by atoms with Gasteiger partial charge in [0.25, 0.3) is 0 Å². The van der Waals surface area contributed by atoms with E-state index in [-0.39, 0.29) is 6.04 Å². The van der Waals surface area contributed by atoms with Crippen molar-refractivity contribution >= 4 is 11.3 Å². The second-order valence-electron chi connectivity index (χ2n) is 7.56. The smallest absolute Gasteiger partial charge is 0.110 e. The van der Waals surface area contributed by atoms with Crippen LogP contribution in [0.25, 0.3) is 11.3 Å². The predicted molar refractivity (Wildman–Crippen MR) is 126 cm³/mol. The van der Waals surface area contributed by atoms with E-state index in [9.17, 15) is 0 Å². The molecular weight excluding hydrogens is 354 g/mol. The lowest BCUT2D eigenvalue weighted by Gasteiger charge is -2.19. The number of allylic oxidation sites excluding steroid dienone is 4. The molecule has 0 fully saturated rings. The Morgan fingerprint density at radius 3 is 2.24 bits per heavy atom. The molecule has 2 aromatic rings. The first kappa shape index (κ1) is 22.2. The molecule has 1 aromatic carbocycles. The minimum atomic E-state index is 0.113. The van der Waals surface area contributed by atoms with E-state index < -0.39 is 0 Å². The zero-order valence-electron chi connectivity index (χ0n) is 18.5. The van der Waals surface area contributed by atoms with Crippen molar-refractivity contribution in [2.75, 3.05) is 0 Å². The van der Waals surface area contributed by atoms with Gasteiger partial charge in [0.1, 0.15) is 5.82 Å². The zero-order valence-corrected chi connectivity index (χ0v) is 18.5. The summed E-state index contributed by atoms with van der Waals surface area (Å²) in [6.07, 6.45) is 4.97. The molecule has 0 aliphatic rings. The van der Waals surface area contributed by atoms with Gasteiger partial charge >= 0.3 is 0 Å². The highest BCUT2D eigenvalue weighted by molar-refractivity contribution is 5.67. The molecule has 3 heteroatoms.